The molecule has 104 valence electrons. The van der Waals surface area contributed by atoms with Crippen molar-refractivity contribution in [2.24, 2.45) is 0 Å². The van der Waals surface area contributed by atoms with Crippen LogP contribution in [0.2, 0.25) is 0 Å². The van der Waals surface area contributed by atoms with Crippen LogP contribution in [0.15, 0.2) is 18.5 Å². The van der Waals surface area contributed by atoms with Gasteiger partial charge in [0.1, 0.15) is 0 Å². The zero-order valence-corrected chi connectivity index (χ0v) is 11.3. The van der Waals surface area contributed by atoms with E-state index >= 15 is 0 Å². The van der Waals surface area contributed by atoms with Gasteiger partial charge < -0.3 is 5.11 Å². The van der Waals surface area contributed by atoms with Gasteiger partial charge in [-0.2, -0.15) is 0 Å². The Morgan fingerprint density at radius 3 is 2.32 bits per heavy atom. The third-order valence-corrected chi connectivity index (χ3v) is 2.43. The molecule has 0 bridgehead atoms. The smallest absolute Gasteiger partial charge is 0.317 e. The van der Waals surface area contributed by atoms with Crippen LogP contribution in [0.5, 0.6) is 0 Å². The zero-order valence-electron chi connectivity index (χ0n) is 11.3. The Kier molecular flexibility index (Phi) is 4.94. The van der Waals surface area contributed by atoms with Crippen molar-refractivity contribution in [2.45, 2.75) is 26.3 Å². The molecule has 0 aliphatic heterocycles. The van der Waals surface area contributed by atoms with Gasteiger partial charge in [0.2, 0.25) is 11.9 Å². The molecule has 7 nitrogen and oxygen atoms in total. The molecule has 7 heteroatoms. The molecule has 0 spiro atoms. The van der Waals surface area contributed by atoms with Crippen LogP contribution in [0.1, 0.15) is 20.8 Å². The third kappa shape index (κ3) is 5.43. The summed E-state index contributed by atoms with van der Waals surface area (Å²) in [5.74, 6) is -1.11. The Hall–Kier alpha value is -2.02. The molecule has 0 fully saturated rings. The number of carboxylic acid groups (broad SMARTS) is 1. The van der Waals surface area contributed by atoms with E-state index in [-0.39, 0.29) is 24.9 Å². The first-order chi connectivity index (χ1) is 8.79. The van der Waals surface area contributed by atoms with E-state index < -0.39 is 11.5 Å². The molecule has 1 aromatic heterocycles. The van der Waals surface area contributed by atoms with E-state index in [1.165, 1.54) is 12.4 Å². The van der Waals surface area contributed by atoms with Crippen molar-refractivity contribution in [1.82, 2.24) is 14.9 Å². The number of rotatable bonds is 5. The Bertz CT molecular complexity index is 442. The highest BCUT2D eigenvalue weighted by Gasteiger charge is 2.25. The number of carboxylic acids is 1. The van der Waals surface area contributed by atoms with Gasteiger partial charge in [-0.05, 0) is 26.8 Å². The molecule has 0 aliphatic carbocycles. The molecule has 0 radical (unpaired) electrons. The second kappa shape index (κ2) is 6.24. The standard InChI is InChI=1S/C12H18N4O3/c1-12(2,3)16(8-10(18)19)7-9(17)15-11-13-5-4-6-14-11/h4-6H,7-8H2,1-3H3,(H,18,19)(H,13,14,15,17). The summed E-state index contributed by atoms with van der Waals surface area (Å²) in [4.78, 5) is 31.9. The summed E-state index contributed by atoms with van der Waals surface area (Å²) in [6.45, 7) is 5.31. The van der Waals surface area contributed by atoms with Gasteiger partial charge in [0, 0.05) is 17.9 Å². The molecule has 1 rings (SSSR count). The Labute approximate surface area is 111 Å². The number of carbonyl (C=O) groups is 2. The molecule has 0 atom stereocenters. The lowest BCUT2D eigenvalue weighted by molar-refractivity contribution is -0.140. The van der Waals surface area contributed by atoms with Crippen molar-refractivity contribution in [3.05, 3.63) is 18.5 Å². The molecular weight excluding hydrogens is 248 g/mol. The molecule has 0 saturated heterocycles. The number of aromatic nitrogens is 2. The molecule has 19 heavy (non-hydrogen) atoms. The summed E-state index contributed by atoms with van der Waals surface area (Å²) in [5.41, 5.74) is -0.423. The number of hydrogen-bond acceptors (Lipinski definition) is 5. The summed E-state index contributed by atoms with van der Waals surface area (Å²) in [6.07, 6.45) is 3.03. The Morgan fingerprint density at radius 2 is 1.84 bits per heavy atom. The van der Waals surface area contributed by atoms with Crippen LogP contribution in [0.3, 0.4) is 0 Å². The number of carbonyl (C=O) groups excluding carboxylic acids is 1. The predicted molar refractivity (Wildman–Crippen MR) is 69.6 cm³/mol. The first-order valence-corrected chi connectivity index (χ1v) is 5.83. The van der Waals surface area contributed by atoms with Gasteiger partial charge in [0.15, 0.2) is 0 Å². The van der Waals surface area contributed by atoms with Crippen LogP contribution in [0.25, 0.3) is 0 Å². The van der Waals surface area contributed by atoms with Crippen molar-refractivity contribution < 1.29 is 14.7 Å². The summed E-state index contributed by atoms with van der Waals surface area (Å²) < 4.78 is 0. The van der Waals surface area contributed by atoms with Gasteiger partial charge in [-0.1, -0.05) is 0 Å². The number of aliphatic carboxylic acids is 1. The highest BCUT2D eigenvalue weighted by molar-refractivity contribution is 5.90. The summed E-state index contributed by atoms with van der Waals surface area (Å²) >= 11 is 0. The van der Waals surface area contributed by atoms with Gasteiger partial charge in [-0.25, -0.2) is 9.97 Å². The SMILES string of the molecule is CC(C)(C)N(CC(=O)O)CC(=O)Nc1ncccn1. The lowest BCUT2D eigenvalue weighted by Crippen LogP contribution is -2.48. The average Bonchev–Trinajstić information content (AvgIpc) is 2.27. The molecule has 0 unspecified atom stereocenters. The fourth-order valence-corrected chi connectivity index (χ4v) is 1.39. The van der Waals surface area contributed by atoms with Crippen LogP contribution in [0.4, 0.5) is 5.95 Å². The zero-order chi connectivity index (χ0) is 14.5. The summed E-state index contributed by atoms with van der Waals surface area (Å²) in [7, 11) is 0. The maximum atomic E-state index is 11.8. The van der Waals surface area contributed by atoms with Crippen LogP contribution < -0.4 is 5.32 Å². The maximum Gasteiger partial charge on any atom is 0.317 e. The highest BCUT2D eigenvalue weighted by atomic mass is 16.4. The fraction of sp³-hybridized carbons (Fsp3) is 0.500. The van der Waals surface area contributed by atoms with E-state index in [9.17, 15) is 9.59 Å². The minimum absolute atomic E-state index is 0.0337. The first kappa shape index (κ1) is 15.0. The second-order valence-corrected chi connectivity index (χ2v) is 5.04. The van der Waals surface area contributed by atoms with E-state index in [2.05, 4.69) is 15.3 Å². The third-order valence-electron chi connectivity index (χ3n) is 2.43. The van der Waals surface area contributed by atoms with Crippen molar-refractivity contribution in [1.29, 1.82) is 0 Å². The van der Waals surface area contributed by atoms with E-state index in [1.54, 1.807) is 11.0 Å². The monoisotopic (exact) mass is 266 g/mol. The van der Waals surface area contributed by atoms with Crippen LogP contribution in [-0.4, -0.2) is 50.5 Å². The van der Waals surface area contributed by atoms with Crippen molar-refractivity contribution in [2.75, 3.05) is 18.4 Å². The fourth-order valence-electron chi connectivity index (χ4n) is 1.39. The maximum absolute atomic E-state index is 11.8. The number of nitrogens with one attached hydrogen (secondary N) is 1. The molecular formula is C12H18N4O3. The van der Waals surface area contributed by atoms with Crippen LogP contribution >= 0.6 is 0 Å². The predicted octanol–water partition coefficient (Wildman–Crippen LogP) is 0.600. The molecule has 1 heterocycles. The average molecular weight is 266 g/mol. The number of amides is 1. The number of anilines is 1. The van der Waals surface area contributed by atoms with E-state index in [1.807, 2.05) is 20.8 Å². The van der Waals surface area contributed by atoms with E-state index in [0.29, 0.717) is 0 Å². The minimum atomic E-state index is -0.973. The first-order valence-electron chi connectivity index (χ1n) is 5.83. The van der Waals surface area contributed by atoms with Crippen molar-refractivity contribution >= 4 is 17.8 Å². The molecule has 0 aromatic carbocycles. The van der Waals surface area contributed by atoms with E-state index in [0.717, 1.165) is 0 Å². The number of nitrogens with zero attached hydrogens (tertiary/aromatic N) is 3. The topological polar surface area (TPSA) is 95.4 Å². The summed E-state index contributed by atoms with van der Waals surface area (Å²) in [5, 5.41) is 11.4. The van der Waals surface area contributed by atoms with Crippen LogP contribution in [-0.2, 0) is 9.59 Å². The van der Waals surface area contributed by atoms with Gasteiger partial charge in [-0.15, -0.1) is 0 Å². The molecule has 1 amide bonds. The van der Waals surface area contributed by atoms with Crippen LogP contribution in [0, 0.1) is 0 Å². The van der Waals surface area contributed by atoms with Gasteiger partial charge >= 0.3 is 5.97 Å². The quantitative estimate of drug-likeness (QED) is 0.810. The highest BCUT2D eigenvalue weighted by Crippen LogP contribution is 2.12. The lowest BCUT2D eigenvalue weighted by atomic mass is 10.1. The summed E-state index contributed by atoms with van der Waals surface area (Å²) in [6, 6.07) is 1.64. The van der Waals surface area contributed by atoms with Crippen molar-refractivity contribution in [3.63, 3.8) is 0 Å². The van der Waals surface area contributed by atoms with Crippen molar-refractivity contribution in [3.8, 4) is 0 Å². The molecule has 1 aromatic rings. The van der Waals surface area contributed by atoms with Gasteiger partial charge in [0.25, 0.3) is 0 Å². The minimum Gasteiger partial charge on any atom is -0.480 e. The van der Waals surface area contributed by atoms with Gasteiger partial charge in [0.05, 0.1) is 13.1 Å². The van der Waals surface area contributed by atoms with E-state index in [4.69, 9.17) is 5.11 Å². The Balaban J connectivity index is 2.64. The number of hydrogen-bond donors (Lipinski definition) is 2. The lowest BCUT2D eigenvalue weighted by Gasteiger charge is -2.33. The second-order valence-electron chi connectivity index (χ2n) is 5.04. The molecule has 2 N–H and O–H groups in total. The largest absolute Gasteiger partial charge is 0.480 e. The molecule has 0 aliphatic rings. The van der Waals surface area contributed by atoms with Gasteiger partial charge in [-0.3, -0.25) is 19.8 Å². The molecule has 0 saturated carbocycles. The Morgan fingerprint density at radius 1 is 1.26 bits per heavy atom. The normalized spacial score (nSPS) is 11.4.